The van der Waals surface area contributed by atoms with Crippen molar-refractivity contribution in [2.45, 2.75) is 45.3 Å². The van der Waals surface area contributed by atoms with Crippen LogP contribution in [0.2, 0.25) is 0 Å². The summed E-state index contributed by atoms with van der Waals surface area (Å²) in [6.45, 7) is 7.16. The summed E-state index contributed by atoms with van der Waals surface area (Å²) in [6, 6.07) is 0.489. The molecule has 2 aliphatic rings. The van der Waals surface area contributed by atoms with E-state index in [1.165, 1.54) is 0 Å². The van der Waals surface area contributed by atoms with Crippen LogP contribution in [0.4, 0.5) is 0 Å². The number of carbonyl (C=O) groups excluding carboxylic acids is 1. The molecule has 0 radical (unpaired) electrons. The molecule has 0 bridgehead atoms. The number of ketones is 1. The first-order valence-electron chi connectivity index (χ1n) is 6.08. The normalized spacial score (nSPS) is 34.1. The number of rotatable bonds is 3. The Balaban J connectivity index is 1.81. The molecular weight excluding hydrogens is 190 g/mol. The maximum Gasteiger partial charge on any atom is 0.134 e. The van der Waals surface area contributed by atoms with Crippen LogP contribution in [-0.4, -0.2) is 42.5 Å². The van der Waals surface area contributed by atoms with Gasteiger partial charge in [-0.1, -0.05) is 6.92 Å². The smallest absolute Gasteiger partial charge is 0.134 e. The summed E-state index contributed by atoms with van der Waals surface area (Å²) >= 11 is 0. The first kappa shape index (κ1) is 11.1. The summed E-state index contributed by atoms with van der Waals surface area (Å²) in [4.78, 5) is 13.8. The third kappa shape index (κ3) is 2.40. The van der Waals surface area contributed by atoms with Crippen molar-refractivity contribution in [3.05, 3.63) is 0 Å². The molecule has 1 aliphatic carbocycles. The lowest BCUT2D eigenvalue weighted by Crippen LogP contribution is -2.59. The molecule has 3 nitrogen and oxygen atoms in total. The Bertz CT molecular complexity index is 236. The Morgan fingerprint density at radius 1 is 1.47 bits per heavy atom. The van der Waals surface area contributed by atoms with Crippen molar-refractivity contribution < 1.29 is 9.53 Å². The number of hydrogen-bond donors (Lipinski definition) is 0. The van der Waals surface area contributed by atoms with Crippen molar-refractivity contribution in [2.75, 3.05) is 19.7 Å². The average Bonchev–Trinajstić information content (AvgIpc) is 2.15. The van der Waals surface area contributed by atoms with Crippen LogP contribution in [0.25, 0.3) is 0 Å². The molecule has 86 valence electrons. The third-order valence-corrected chi connectivity index (χ3v) is 3.72. The van der Waals surface area contributed by atoms with Gasteiger partial charge >= 0.3 is 0 Å². The Morgan fingerprint density at radius 2 is 2.20 bits per heavy atom. The second kappa shape index (κ2) is 4.62. The van der Waals surface area contributed by atoms with Crippen molar-refractivity contribution in [2.24, 2.45) is 5.92 Å². The highest BCUT2D eigenvalue weighted by atomic mass is 16.5. The summed E-state index contributed by atoms with van der Waals surface area (Å²) in [5.74, 6) is 1.11. The predicted octanol–water partition coefficient (Wildman–Crippen LogP) is 1.46. The zero-order chi connectivity index (χ0) is 10.8. The van der Waals surface area contributed by atoms with Gasteiger partial charge < -0.3 is 4.74 Å². The number of ether oxygens (including phenoxy) is 1. The average molecular weight is 211 g/mol. The van der Waals surface area contributed by atoms with Crippen molar-refractivity contribution >= 4 is 5.78 Å². The van der Waals surface area contributed by atoms with Crippen LogP contribution in [0, 0.1) is 5.92 Å². The van der Waals surface area contributed by atoms with Crippen LogP contribution in [0.15, 0.2) is 0 Å². The van der Waals surface area contributed by atoms with E-state index in [0.717, 1.165) is 39.0 Å². The minimum absolute atomic E-state index is 0.416. The summed E-state index contributed by atoms with van der Waals surface area (Å²) in [5, 5.41) is 0. The molecule has 1 heterocycles. The second-order valence-electron chi connectivity index (χ2n) is 4.86. The van der Waals surface area contributed by atoms with E-state index in [1.54, 1.807) is 0 Å². The zero-order valence-electron chi connectivity index (χ0n) is 9.74. The van der Waals surface area contributed by atoms with E-state index < -0.39 is 0 Å². The van der Waals surface area contributed by atoms with Gasteiger partial charge in [0.05, 0.1) is 6.10 Å². The monoisotopic (exact) mass is 211 g/mol. The highest BCUT2D eigenvalue weighted by molar-refractivity contribution is 5.79. The molecule has 0 aromatic heterocycles. The van der Waals surface area contributed by atoms with E-state index in [0.29, 0.717) is 23.8 Å². The predicted molar refractivity (Wildman–Crippen MR) is 58.8 cm³/mol. The minimum atomic E-state index is 0.416. The van der Waals surface area contributed by atoms with Gasteiger partial charge in [0.2, 0.25) is 0 Å². The minimum Gasteiger partial charge on any atom is -0.376 e. The molecule has 1 aliphatic heterocycles. The largest absolute Gasteiger partial charge is 0.376 e. The summed E-state index contributed by atoms with van der Waals surface area (Å²) in [6.07, 6.45) is 3.04. The van der Waals surface area contributed by atoms with Gasteiger partial charge in [0.25, 0.3) is 0 Å². The maximum absolute atomic E-state index is 11.4. The fraction of sp³-hybridized carbons (Fsp3) is 0.917. The van der Waals surface area contributed by atoms with Crippen molar-refractivity contribution in [3.8, 4) is 0 Å². The van der Waals surface area contributed by atoms with Crippen LogP contribution in [-0.2, 0) is 9.53 Å². The molecule has 0 amide bonds. The maximum atomic E-state index is 11.4. The summed E-state index contributed by atoms with van der Waals surface area (Å²) in [7, 11) is 0. The number of hydrogen-bond acceptors (Lipinski definition) is 3. The fourth-order valence-corrected chi connectivity index (χ4v) is 2.69. The van der Waals surface area contributed by atoms with Gasteiger partial charge in [-0.15, -0.1) is 0 Å². The highest BCUT2D eigenvalue weighted by Crippen LogP contribution is 2.29. The molecule has 3 heteroatoms. The first-order valence-corrected chi connectivity index (χ1v) is 6.08. The molecule has 2 rings (SSSR count). The first-order chi connectivity index (χ1) is 7.20. The number of Topliss-reactive ketones (excluding diaryl/α,β-unsaturated/α-hetero) is 1. The van der Waals surface area contributed by atoms with Crippen LogP contribution in [0.1, 0.15) is 33.1 Å². The van der Waals surface area contributed by atoms with Gasteiger partial charge in [-0.25, -0.2) is 0 Å². The summed E-state index contributed by atoms with van der Waals surface area (Å²) in [5.41, 5.74) is 0. The van der Waals surface area contributed by atoms with E-state index >= 15 is 0 Å². The Hall–Kier alpha value is -0.410. The quantitative estimate of drug-likeness (QED) is 0.708. The van der Waals surface area contributed by atoms with Crippen LogP contribution in [0.3, 0.4) is 0 Å². The SMILES string of the molecule is CCOC1CN(C2CC(=O)CCC2C)C1. The van der Waals surface area contributed by atoms with Gasteiger partial charge in [0.1, 0.15) is 5.78 Å². The highest BCUT2D eigenvalue weighted by Gasteiger charge is 2.38. The lowest BCUT2D eigenvalue weighted by Gasteiger charge is -2.47. The number of carbonyl (C=O) groups is 1. The van der Waals surface area contributed by atoms with Gasteiger partial charge in [0, 0.05) is 38.6 Å². The summed E-state index contributed by atoms with van der Waals surface area (Å²) < 4.78 is 5.53. The van der Waals surface area contributed by atoms with Gasteiger partial charge in [0.15, 0.2) is 0 Å². The topological polar surface area (TPSA) is 29.5 Å². The molecular formula is C12H21NO2. The fourth-order valence-electron chi connectivity index (χ4n) is 2.69. The van der Waals surface area contributed by atoms with Crippen molar-refractivity contribution in [1.29, 1.82) is 0 Å². The van der Waals surface area contributed by atoms with E-state index in [1.807, 2.05) is 6.92 Å². The standard InChI is InChI=1S/C12H21NO2/c1-3-15-11-7-13(8-11)12-6-10(14)5-4-9(12)2/h9,11-12H,3-8H2,1-2H3. The van der Waals surface area contributed by atoms with Gasteiger partial charge in [-0.05, 0) is 19.3 Å². The Morgan fingerprint density at radius 3 is 2.87 bits per heavy atom. The molecule has 0 aromatic carbocycles. The Labute approximate surface area is 91.8 Å². The molecule has 1 saturated heterocycles. The van der Waals surface area contributed by atoms with E-state index in [-0.39, 0.29) is 0 Å². The second-order valence-corrected chi connectivity index (χ2v) is 4.86. The van der Waals surface area contributed by atoms with E-state index in [4.69, 9.17) is 4.74 Å². The van der Waals surface area contributed by atoms with E-state index in [2.05, 4.69) is 11.8 Å². The van der Waals surface area contributed by atoms with E-state index in [9.17, 15) is 4.79 Å². The van der Waals surface area contributed by atoms with Crippen LogP contribution in [0.5, 0.6) is 0 Å². The zero-order valence-corrected chi connectivity index (χ0v) is 9.74. The van der Waals surface area contributed by atoms with Crippen molar-refractivity contribution in [3.63, 3.8) is 0 Å². The van der Waals surface area contributed by atoms with Gasteiger partial charge in [-0.3, -0.25) is 9.69 Å². The Kier molecular flexibility index (Phi) is 3.42. The van der Waals surface area contributed by atoms with Crippen LogP contribution >= 0.6 is 0 Å². The molecule has 0 aromatic rings. The van der Waals surface area contributed by atoms with Gasteiger partial charge in [-0.2, -0.15) is 0 Å². The van der Waals surface area contributed by atoms with Crippen LogP contribution < -0.4 is 0 Å². The lowest BCUT2D eigenvalue weighted by atomic mass is 9.82. The number of nitrogens with zero attached hydrogens (tertiary/aromatic N) is 1. The molecule has 2 fully saturated rings. The molecule has 2 unspecified atom stereocenters. The molecule has 0 N–H and O–H groups in total. The molecule has 2 atom stereocenters. The third-order valence-electron chi connectivity index (χ3n) is 3.72. The molecule has 0 spiro atoms. The van der Waals surface area contributed by atoms with Crippen molar-refractivity contribution in [1.82, 2.24) is 4.90 Å². The lowest BCUT2D eigenvalue weighted by molar-refractivity contribution is -0.128. The number of likely N-dealkylation sites (tertiary alicyclic amines) is 1. The molecule has 15 heavy (non-hydrogen) atoms. The molecule has 1 saturated carbocycles.